The Morgan fingerprint density at radius 3 is 0.960 bits per heavy atom. The Morgan fingerprint density at radius 2 is 0.680 bits per heavy atom. The summed E-state index contributed by atoms with van der Waals surface area (Å²) in [6.07, 6.45) is 2.28. The molecule has 4 nitrogen and oxygen atoms in total. The Morgan fingerprint density at radius 1 is 0.400 bits per heavy atom. The minimum atomic E-state index is 0.672. The fraction of sp³-hybridized carbons (Fsp3) is 0.211. The first kappa shape index (κ1) is 31.8. The Hall–Kier alpha value is -2.94. The van der Waals surface area contributed by atoms with E-state index in [9.17, 15) is 0 Å². The molecular weight excluding hydrogens is 769 g/mol. The first-order valence-electron chi connectivity index (χ1n) is 16.4. The molecule has 0 atom stereocenters. The number of aromatic nitrogens is 4. The molecule has 0 fully saturated rings. The van der Waals surface area contributed by atoms with Gasteiger partial charge >= 0.3 is 0 Å². The number of fused-ring (bicyclic) bond motifs is 5. The van der Waals surface area contributed by atoms with Gasteiger partial charge in [0, 0.05) is 79.7 Å². The van der Waals surface area contributed by atoms with Crippen LogP contribution in [0, 0.1) is 11.8 Å². The van der Waals surface area contributed by atoms with Crippen molar-refractivity contribution < 1.29 is 0 Å². The lowest BCUT2D eigenvalue weighted by Crippen LogP contribution is -1.89. The molecule has 12 heteroatoms. The number of hydrogen-bond donors (Lipinski definition) is 0. The van der Waals surface area contributed by atoms with E-state index in [2.05, 4.69) is 88.4 Å². The van der Waals surface area contributed by atoms with Gasteiger partial charge in [-0.05, 0) is 61.1 Å². The number of rotatable bonds is 8. The monoisotopic (exact) mass is 796 g/mol. The van der Waals surface area contributed by atoms with Crippen molar-refractivity contribution in [3.63, 3.8) is 0 Å². The van der Waals surface area contributed by atoms with Gasteiger partial charge in [-0.2, -0.15) is 17.5 Å². The molecule has 248 valence electrons. The molecule has 0 spiro atoms. The van der Waals surface area contributed by atoms with Crippen LogP contribution in [-0.2, 0) is 12.8 Å². The zero-order valence-corrected chi connectivity index (χ0v) is 33.9. The maximum absolute atomic E-state index is 4.81. The van der Waals surface area contributed by atoms with Gasteiger partial charge in [-0.15, -0.1) is 68.0 Å². The molecule has 0 saturated carbocycles. The quantitative estimate of drug-likeness (QED) is 0.154. The molecule has 2 aromatic carbocycles. The normalized spacial score (nSPS) is 12.5. The molecule has 8 heterocycles. The SMILES string of the molecule is CC(C)Cc1cc2sc(-c3ccc(-c4cc5sc(-c6ccc(-c7cc8sc(CC(C)C)cc8s7)c7nsnc67)cc5s4)c4nsnc34)cc2s1. The van der Waals surface area contributed by atoms with Crippen LogP contribution in [0.1, 0.15) is 37.4 Å². The third-order valence-electron chi connectivity index (χ3n) is 8.83. The van der Waals surface area contributed by atoms with Crippen molar-refractivity contribution in [1.82, 2.24) is 17.5 Å². The van der Waals surface area contributed by atoms with Gasteiger partial charge in [0.2, 0.25) is 0 Å². The topological polar surface area (TPSA) is 51.6 Å². The third kappa shape index (κ3) is 5.42. The second-order valence-electron chi connectivity index (χ2n) is 13.5. The van der Waals surface area contributed by atoms with Crippen LogP contribution < -0.4 is 0 Å². The van der Waals surface area contributed by atoms with Crippen molar-refractivity contribution in [3.05, 3.63) is 70.4 Å². The molecule has 0 N–H and O–H groups in total. The number of benzene rings is 2. The van der Waals surface area contributed by atoms with Crippen LogP contribution in [0.3, 0.4) is 0 Å². The summed E-state index contributed by atoms with van der Waals surface area (Å²) in [5.41, 5.74) is 8.67. The molecule has 0 bridgehead atoms. The van der Waals surface area contributed by atoms with Crippen LogP contribution in [0.25, 0.3) is 92.0 Å². The molecule has 0 unspecified atom stereocenters. The predicted octanol–water partition coefficient (Wildman–Crippen LogP) is 14.6. The average molecular weight is 797 g/mol. The molecule has 0 radical (unpaired) electrons. The van der Waals surface area contributed by atoms with Crippen molar-refractivity contribution in [3.8, 4) is 41.8 Å². The maximum Gasteiger partial charge on any atom is 0.114 e. The van der Waals surface area contributed by atoms with Gasteiger partial charge in [-0.1, -0.05) is 52.0 Å². The van der Waals surface area contributed by atoms with E-state index < -0.39 is 0 Å². The number of thiophene rings is 6. The van der Waals surface area contributed by atoms with E-state index in [0.29, 0.717) is 11.8 Å². The highest BCUT2D eigenvalue weighted by atomic mass is 32.1. The van der Waals surface area contributed by atoms with Gasteiger partial charge in [-0.3, -0.25) is 0 Å². The minimum Gasteiger partial charge on any atom is -0.172 e. The van der Waals surface area contributed by atoms with E-state index in [0.717, 1.165) is 46.0 Å². The van der Waals surface area contributed by atoms with Crippen LogP contribution in [0.15, 0.2) is 60.7 Å². The largest absolute Gasteiger partial charge is 0.172 e. The van der Waals surface area contributed by atoms with Crippen molar-refractivity contribution in [2.75, 3.05) is 0 Å². The van der Waals surface area contributed by atoms with E-state index in [-0.39, 0.29) is 0 Å². The number of hydrogen-bond acceptors (Lipinski definition) is 12. The molecule has 50 heavy (non-hydrogen) atoms. The fourth-order valence-electron chi connectivity index (χ4n) is 6.67. The molecule has 8 aromatic heterocycles. The van der Waals surface area contributed by atoms with Gasteiger partial charge in [0.05, 0.1) is 23.5 Å². The molecule has 0 aliphatic carbocycles. The Kier molecular flexibility index (Phi) is 7.84. The molecule has 0 saturated heterocycles. The van der Waals surface area contributed by atoms with E-state index >= 15 is 0 Å². The van der Waals surface area contributed by atoms with E-state index in [1.54, 1.807) is 0 Å². The molecule has 10 rings (SSSR count). The fourth-order valence-corrected chi connectivity index (χ4v) is 15.6. The summed E-state index contributed by atoms with van der Waals surface area (Å²) in [6, 6.07) is 23.1. The first-order valence-corrected chi connectivity index (χ1v) is 22.8. The van der Waals surface area contributed by atoms with Crippen LogP contribution in [0.2, 0.25) is 0 Å². The maximum atomic E-state index is 4.81. The van der Waals surface area contributed by atoms with Crippen molar-refractivity contribution in [2.45, 2.75) is 40.5 Å². The highest BCUT2D eigenvalue weighted by Gasteiger charge is 2.21. The summed E-state index contributed by atoms with van der Waals surface area (Å²) in [4.78, 5) is 7.96. The summed E-state index contributed by atoms with van der Waals surface area (Å²) in [7, 11) is 0. The summed E-state index contributed by atoms with van der Waals surface area (Å²) in [6.45, 7) is 9.15. The summed E-state index contributed by atoms with van der Waals surface area (Å²) >= 11 is 13.9. The summed E-state index contributed by atoms with van der Waals surface area (Å²) < 4.78 is 27.3. The second kappa shape index (κ2) is 12.3. The summed E-state index contributed by atoms with van der Waals surface area (Å²) in [5, 5.41) is 0. The van der Waals surface area contributed by atoms with Crippen LogP contribution >= 0.6 is 91.5 Å². The zero-order chi connectivity index (χ0) is 33.7. The lowest BCUT2D eigenvalue weighted by atomic mass is 10.1. The van der Waals surface area contributed by atoms with Gasteiger partial charge in [0.1, 0.15) is 22.1 Å². The van der Waals surface area contributed by atoms with E-state index in [1.165, 1.54) is 92.0 Å². The van der Waals surface area contributed by atoms with Crippen molar-refractivity contribution >= 4 is 142 Å². The van der Waals surface area contributed by atoms with Crippen LogP contribution in [0.4, 0.5) is 0 Å². The Bertz CT molecular complexity index is 2580. The van der Waals surface area contributed by atoms with Gasteiger partial charge in [-0.25, -0.2) is 0 Å². The highest BCUT2D eigenvalue weighted by Crippen LogP contribution is 2.48. The lowest BCUT2D eigenvalue weighted by Gasteiger charge is -2.04. The van der Waals surface area contributed by atoms with Gasteiger partial charge in [0.15, 0.2) is 0 Å². The first-order chi connectivity index (χ1) is 24.3. The summed E-state index contributed by atoms with van der Waals surface area (Å²) in [5.74, 6) is 1.34. The van der Waals surface area contributed by atoms with Crippen molar-refractivity contribution in [1.29, 1.82) is 0 Å². The van der Waals surface area contributed by atoms with Gasteiger partial charge < -0.3 is 0 Å². The van der Waals surface area contributed by atoms with E-state index in [1.807, 2.05) is 68.0 Å². The Labute approximate surface area is 321 Å². The zero-order valence-electron chi connectivity index (χ0n) is 27.4. The Balaban J connectivity index is 0.963. The molecule has 0 amide bonds. The molecule has 0 aliphatic heterocycles. The average Bonchev–Trinajstić information content (AvgIpc) is 3.90. The second-order valence-corrected chi connectivity index (χ2v) is 21.2. The van der Waals surface area contributed by atoms with Crippen molar-refractivity contribution in [2.24, 2.45) is 11.8 Å². The minimum absolute atomic E-state index is 0.672. The molecule has 0 aliphatic rings. The lowest BCUT2D eigenvalue weighted by molar-refractivity contribution is 0.654. The third-order valence-corrected chi connectivity index (χ3v) is 16.9. The smallest absolute Gasteiger partial charge is 0.114 e. The van der Waals surface area contributed by atoms with Gasteiger partial charge in [0.25, 0.3) is 0 Å². The number of nitrogens with zero attached hydrogens (tertiary/aromatic N) is 4. The van der Waals surface area contributed by atoms with E-state index in [4.69, 9.17) is 17.5 Å². The highest BCUT2D eigenvalue weighted by molar-refractivity contribution is 7.31. The predicted molar refractivity (Wildman–Crippen MR) is 227 cm³/mol. The molecular formula is C38H28N4S8. The molecule has 10 aromatic rings. The standard InChI is InChI=1S/C38H28N4S8/c1-17(2)9-19-11-29-31(43-19)13-25(45-29)21-5-7-23(37-35(21)39-49-41-37)27-15-33-34(47-27)16-28(48-33)24-8-6-22(36-38(24)42-50-40-36)26-14-32-30(46-26)12-20(44-32)10-18(3)4/h5-8,11-18H,9-10H2,1-4H3. The van der Waals surface area contributed by atoms with Crippen LogP contribution in [0.5, 0.6) is 0 Å². The van der Waals surface area contributed by atoms with Crippen LogP contribution in [-0.4, -0.2) is 17.5 Å².